The summed E-state index contributed by atoms with van der Waals surface area (Å²) in [6, 6.07) is 4.22. The summed E-state index contributed by atoms with van der Waals surface area (Å²) in [7, 11) is 0. The number of hydrogen-bond acceptors (Lipinski definition) is 5. The minimum absolute atomic E-state index is 0.821. The van der Waals surface area contributed by atoms with Gasteiger partial charge in [0.05, 0.1) is 11.9 Å². The van der Waals surface area contributed by atoms with Crippen LogP contribution < -0.4 is 5.32 Å². The van der Waals surface area contributed by atoms with Gasteiger partial charge in [-0.05, 0) is 30.9 Å². The fourth-order valence-electron chi connectivity index (χ4n) is 2.16. The van der Waals surface area contributed by atoms with Gasteiger partial charge < -0.3 is 5.32 Å². The van der Waals surface area contributed by atoms with E-state index < -0.39 is 0 Å². The van der Waals surface area contributed by atoms with E-state index in [0.29, 0.717) is 0 Å². The normalized spacial score (nSPS) is 11.2. The molecule has 0 aliphatic heterocycles. The zero-order chi connectivity index (χ0) is 14.1. The van der Waals surface area contributed by atoms with Crippen molar-refractivity contribution in [3.05, 3.63) is 38.7 Å². The first kappa shape index (κ1) is 13.5. The molecule has 3 aromatic heterocycles. The summed E-state index contributed by atoms with van der Waals surface area (Å²) in [5.74, 6) is 1.88. The van der Waals surface area contributed by atoms with Crippen molar-refractivity contribution in [3.63, 3.8) is 0 Å². The lowest BCUT2D eigenvalue weighted by Gasteiger charge is -2.08. The fourth-order valence-corrected chi connectivity index (χ4v) is 3.86. The smallest absolute Gasteiger partial charge is 0.139 e. The second-order valence-corrected chi connectivity index (χ2v) is 6.97. The molecular weight excluding hydrogens is 286 g/mol. The molecular formula is C15H17N3S2. The molecule has 0 aromatic carbocycles. The SMILES string of the molecule is CCc1nc(NCc2cccs2)c2c(C)c(C)sc2n1. The summed E-state index contributed by atoms with van der Waals surface area (Å²) in [5, 5.41) is 6.77. The van der Waals surface area contributed by atoms with Crippen molar-refractivity contribution in [2.75, 3.05) is 5.32 Å². The van der Waals surface area contributed by atoms with Crippen molar-refractivity contribution in [1.82, 2.24) is 9.97 Å². The molecule has 1 N–H and O–H groups in total. The lowest BCUT2D eigenvalue weighted by molar-refractivity contribution is 0.958. The third-order valence-electron chi connectivity index (χ3n) is 3.40. The van der Waals surface area contributed by atoms with Gasteiger partial charge in [-0.15, -0.1) is 22.7 Å². The molecule has 3 rings (SSSR count). The van der Waals surface area contributed by atoms with Crippen LogP contribution in [0.3, 0.4) is 0 Å². The second kappa shape index (κ2) is 5.50. The van der Waals surface area contributed by atoms with E-state index in [0.717, 1.165) is 29.4 Å². The highest BCUT2D eigenvalue weighted by atomic mass is 32.1. The van der Waals surface area contributed by atoms with Crippen molar-refractivity contribution in [2.24, 2.45) is 0 Å². The Kier molecular flexibility index (Phi) is 3.72. The van der Waals surface area contributed by atoms with Crippen molar-refractivity contribution in [1.29, 1.82) is 0 Å². The van der Waals surface area contributed by atoms with Gasteiger partial charge in [0.15, 0.2) is 0 Å². The Morgan fingerprint density at radius 2 is 2.10 bits per heavy atom. The Morgan fingerprint density at radius 1 is 1.25 bits per heavy atom. The van der Waals surface area contributed by atoms with Crippen molar-refractivity contribution >= 4 is 38.7 Å². The lowest BCUT2D eigenvalue weighted by atomic mass is 10.2. The third-order valence-corrected chi connectivity index (χ3v) is 5.38. The van der Waals surface area contributed by atoms with E-state index in [1.807, 2.05) is 0 Å². The number of aromatic nitrogens is 2. The molecule has 0 aliphatic rings. The second-order valence-electron chi connectivity index (χ2n) is 4.74. The summed E-state index contributed by atoms with van der Waals surface area (Å²) >= 11 is 3.52. The van der Waals surface area contributed by atoms with E-state index in [1.165, 1.54) is 20.7 Å². The summed E-state index contributed by atoms with van der Waals surface area (Å²) in [6.45, 7) is 7.22. The maximum Gasteiger partial charge on any atom is 0.139 e. The molecule has 0 saturated carbocycles. The van der Waals surface area contributed by atoms with Gasteiger partial charge in [0.25, 0.3) is 0 Å². The molecule has 3 heterocycles. The zero-order valence-corrected chi connectivity index (χ0v) is 13.5. The summed E-state index contributed by atoms with van der Waals surface area (Å²) in [5.41, 5.74) is 1.29. The molecule has 0 fully saturated rings. The molecule has 0 unspecified atom stereocenters. The van der Waals surface area contributed by atoms with E-state index in [4.69, 9.17) is 0 Å². The summed E-state index contributed by atoms with van der Waals surface area (Å²) in [6.07, 6.45) is 0.861. The van der Waals surface area contributed by atoms with Crippen LogP contribution in [0.4, 0.5) is 5.82 Å². The maximum absolute atomic E-state index is 4.68. The first-order valence-electron chi connectivity index (χ1n) is 6.72. The van der Waals surface area contributed by atoms with Gasteiger partial charge in [-0.1, -0.05) is 13.0 Å². The van der Waals surface area contributed by atoms with Crippen LogP contribution in [0.5, 0.6) is 0 Å². The van der Waals surface area contributed by atoms with Crippen molar-refractivity contribution in [3.8, 4) is 0 Å². The molecule has 0 aliphatic carbocycles. The van der Waals surface area contributed by atoms with E-state index in [2.05, 4.69) is 53.6 Å². The number of nitrogens with one attached hydrogen (secondary N) is 1. The Labute approximate surface area is 126 Å². The molecule has 0 amide bonds. The molecule has 5 heteroatoms. The minimum Gasteiger partial charge on any atom is -0.365 e. The first-order chi connectivity index (χ1) is 9.69. The first-order valence-corrected chi connectivity index (χ1v) is 8.41. The standard InChI is InChI=1S/C15H17N3S2/c1-4-12-17-14(16-8-11-6-5-7-19-11)13-9(2)10(3)20-15(13)18-12/h5-7H,4,8H2,1-3H3,(H,16,17,18). The van der Waals surface area contributed by atoms with Crippen LogP contribution >= 0.6 is 22.7 Å². The predicted molar refractivity (Wildman–Crippen MR) is 87.9 cm³/mol. The Hall–Kier alpha value is -1.46. The Morgan fingerprint density at radius 3 is 2.80 bits per heavy atom. The van der Waals surface area contributed by atoms with Crippen LogP contribution in [0.2, 0.25) is 0 Å². The Bertz CT molecular complexity index is 729. The quantitative estimate of drug-likeness (QED) is 0.768. The number of anilines is 1. The van der Waals surface area contributed by atoms with Crippen LogP contribution in [0, 0.1) is 13.8 Å². The van der Waals surface area contributed by atoms with Gasteiger partial charge in [0.2, 0.25) is 0 Å². The summed E-state index contributed by atoms with van der Waals surface area (Å²) < 4.78 is 0. The fraction of sp³-hybridized carbons (Fsp3) is 0.333. The van der Waals surface area contributed by atoms with Gasteiger partial charge in [0.1, 0.15) is 16.5 Å². The van der Waals surface area contributed by atoms with Crippen LogP contribution in [-0.2, 0) is 13.0 Å². The maximum atomic E-state index is 4.68. The van der Waals surface area contributed by atoms with Gasteiger partial charge in [-0.25, -0.2) is 9.97 Å². The number of hydrogen-bond donors (Lipinski definition) is 1. The molecule has 3 aromatic rings. The minimum atomic E-state index is 0.821. The Balaban J connectivity index is 2.02. The highest BCUT2D eigenvalue weighted by molar-refractivity contribution is 7.18. The highest BCUT2D eigenvalue weighted by Crippen LogP contribution is 2.33. The third kappa shape index (κ3) is 2.43. The molecule has 3 nitrogen and oxygen atoms in total. The van der Waals surface area contributed by atoms with E-state index >= 15 is 0 Å². The van der Waals surface area contributed by atoms with Crippen LogP contribution in [0.1, 0.15) is 28.1 Å². The van der Waals surface area contributed by atoms with Gasteiger partial charge in [-0.2, -0.15) is 0 Å². The summed E-state index contributed by atoms with van der Waals surface area (Å²) in [4.78, 5) is 13.1. The molecule has 0 saturated heterocycles. The molecule has 0 bridgehead atoms. The highest BCUT2D eigenvalue weighted by Gasteiger charge is 2.13. The van der Waals surface area contributed by atoms with E-state index in [1.54, 1.807) is 22.7 Å². The molecule has 0 radical (unpaired) electrons. The van der Waals surface area contributed by atoms with Gasteiger partial charge >= 0.3 is 0 Å². The molecule has 104 valence electrons. The topological polar surface area (TPSA) is 37.8 Å². The monoisotopic (exact) mass is 303 g/mol. The van der Waals surface area contributed by atoms with E-state index in [9.17, 15) is 0 Å². The average molecular weight is 303 g/mol. The molecule has 0 spiro atoms. The molecule has 0 atom stereocenters. The molecule has 20 heavy (non-hydrogen) atoms. The number of aryl methyl sites for hydroxylation is 3. The largest absolute Gasteiger partial charge is 0.365 e. The number of thiophene rings is 2. The van der Waals surface area contributed by atoms with E-state index in [-0.39, 0.29) is 0 Å². The van der Waals surface area contributed by atoms with Gasteiger partial charge in [0, 0.05) is 16.2 Å². The van der Waals surface area contributed by atoms with Crippen LogP contribution in [-0.4, -0.2) is 9.97 Å². The van der Waals surface area contributed by atoms with Crippen molar-refractivity contribution < 1.29 is 0 Å². The van der Waals surface area contributed by atoms with Gasteiger partial charge in [-0.3, -0.25) is 0 Å². The lowest BCUT2D eigenvalue weighted by Crippen LogP contribution is -2.04. The predicted octanol–water partition coefficient (Wildman–Crippen LogP) is 4.54. The average Bonchev–Trinajstić information content (AvgIpc) is 3.05. The van der Waals surface area contributed by atoms with Crippen molar-refractivity contribution in [2.45, 2.75) is 33.7 Å². The van der Waals surface area contributed by atoms with Crippen LogP contribution in [0.15, 0.2) is 17.5 Å². The number of rotatable bonds is 4. The number of nitrogens with zero attached hydrogens (tertiary/aromatic N) is 2. The number of fused-ring (bicyclic) bond motifs is 1. The zero-order valence-electron chi connectivity index (χ0n) is 11.9. The van der Waals surface area contributed by atoms with Crippen LogP contribution in [0.25, 0.3) is 10.2 Å².